The number of hydrogen-bond acceptors (Lipinski definition) is 5. The first-order valence-corrected chi connectivity index (χ1v) is 9.63. The number of urea groups is 1. The molecule has 0 bridgehead atoms. The monoisotopic (exact) mass is 357 g/mol. The first kappa shape index (κ1) is 16.5. The maximum Gasteiger partial charge on any atom is 0.323 e. The zero-order valence-corrected chi connectivity index (χ0v) is 15.3. The van der Waals surface area contributed by atoms with E-state index in [2.05, 4.69) is 43.8 Å². The van der Waals surface area contributed by atoms with Gasteiger partial charge in [0.15, 0.2) is 0 Å². The van der Waals surface area contributed by atoms with Gasteiger partial charge in [-0.2, -0.15) is 4.37 Å². The topological polar surface area (TPSA) is 61.4 Å². The van der Waals surface area contributed by atoms with E-state index in [1.165, 1.54) is 22.7 Å². The molecule has 1 fully saturated rings. The van der Waals surface area contributed by atoms with Crippen LogP contribution in [0.15, 0.2) is 24.3 Å². The molecule has 4 rings (SSSR count). The fourth-order valence-electron chi connectivity index (χ4n) is 3.82. The summed E-state index contributed by atoms with van der Waals surface area (Å²) in [5.41, 5.74) is 2.97. The van der Waals surface area contributed by atoms with Crippen LogP contribution in [0.25, 0.3) is 0 Å². The van der Waals surface area contributed by atoms with Crippen LogP contribution in [0, 0.1) is 6.92 Å². The van der Waals surface area contributed by atoms with Gasteiger partial charge in [-0.25, -0.2) is 9.78 Å². The van der Waals surface area contributed by atoms with Crippen molar-refractivity contribution in [2.75, 3.05) is 31.5 Å². The van der Waals surface area contributed by atoms with Gasteiger partial charge in [-0.1, -0.05) is 24.3 Å². The quantitative estimate of drug-likeness (QED) is 0.897. The van der Waals surface area contributed by atoms with Gasteiger partial charge in [-0.15, -0.1) is 0 Å². The number of carbonyl (C=O) groups is 1. The second kappa shape index (κ2) is 7.09. The van der Waals surface area contributed by atoms with Crippen molar-refractivity contribution in [3.63, 3.8) is 0 Å². The van der Waals surface area contributed by atoms with Crippen molar-refractivity contribution < 1.29 is 4.79 Å². The van der Waals surface area contributed by atoms with Crippen LogP contribution >= 0.6 is 11.5 Å². The number of benzene rings is 1. The number of hydrogen-bond donors (Lipinski definition) is 1. The number of aryl methyl sites for hydroxylation is 1. The molecule has 2 amide bonds. The minimum absolute atomic E-state index is 0.0623. The van der Waals surface area contributed by atoms with Crippen LogP contribution in [0.5, 0.6) is 0 Å². The third-order valence-electron chi connectivity index (χ3n) is 5.11. The summed E-state index contributed by atoms with van der Waals surface area (Å²) in [5, 5.41) is 3.45. The number of fused-ring (bicyclic) bond motifs is 1. The standard InChI is InChI=1S/C18H23N5OS/c1-13-19-17(25-21-13)20-18(24)23-8-4-7-22(9-10-23)16-11-14-5-2-3-6-15(14)12-16/h2-3,5-6,16H,4,7-12H2,1H3,(H,19,20,21,24). The lowest BCUT2D eigenvalue weighted by Crippen LogP contribution is -2.41. The molecular formula is C18H23N5OS. The molecule has 1 aromatic heterocycles. The average molecular weight is 357 g/mol. The minimum Gasteiger partial charge on any atom is -0.323 e. The summed E-state index contributed by atoms with van der Waals surface area (Å²) in [6.45, 7) is 5.37. The van der Waals surface area contributed by atoms with Gasteiger partial charge in [-0.05, 0) is 37.3 Å². The number of nitrogens with zero attached hydrogens (tertiary/aromatic N) is 4. The number of carbonyl (C=O) groups excluding carboxylic acids is 1. The third kappa shape index (κ3) is 3.67. The summed E-state index contributed by atoms with van der Waals surface area (Å²) in [6, 6.07) is 9.27. The number of anilines is 1. The largest absolute Gasteiger partial charge is 0.323 e. The molecule has 1 aromatic carbocycles. The van der Waals surface area contributed by atoms with Gasteiger partial charge in [0.1, 0.15) is 5.82 Å². The fourth-order valence-corrected chi connectivity index (χ4v) is 4.38. The van der Waals surface area contributed by atoms with Gasteiger partial charge in [0.05, 0.1) is 0 Å². The SMILES string of the molecule is Cc1nsc(NC(=O)N2CCCN(C3Cc4ccccc4C3)CC2)n1. The number of amides is 2. The van der Waals surface area contributed by atoms with E-state index in [0.717, 1.165) is 45.4 Å². The molecule has 1 N–H and O–H groups in total. The van der Waals surface area contributed by atoms with Crippen LogP contribution in [-0.2, 0) is 12.8 Å². The van der Waals surface area contributed by atoms with E-state index in [1.807, 2.05) is 11.8 Å². The van der Waals surface area contributed by atoms with Crippen molar-refractivity contribution >= 4 is 22.7 Å². The van der Waals surface area contributed by atoms with Gasteiger partial charge < -0.3 is 4.90 Å². The molecule has 0 radical (unpaired) electrons. The Hall–Kier alpha value is -1.99. The Labute approximate surface area is 152 Å². The predicted molar refractivity (Wildman–Crippen MR) is 99.1 cm³/mol. The van der Waals surface area contributed by atoms with E-state index in [-0.39, 0.29) is 6.03 Å². The van der Waals surface area contributed by atoms with E-state index >= 15 is 0 Å². The highest BCUT2D eigenvalue weighted by molar-refractivity contribution is 7.09. The molecule has 1 aliphatic carbocycles. The van der Waals surface area contributed by atoms with Crippen molar-refractivity contribution in [2.24, 2.45) is 0 Å². The van der Waals surface area contributed by atoms with Gasteiger partial charge in [0.25, 0.3) is 0 Å². The lowest BCUT2D eigenvalue weighted by molar-refractivity contribution is 0.197. The number of aromatic nitrogens is 2. The first-order chi connectivity index (χ1) is 12.2. The Morgan fingerprint density at radius 2 is 1.92 bits per heavy atom. The second-order valence-corrected chi connectivity index (χ2v) is 7.54. The number of rotatable bonds is 2. The molecule has 2 heterocycles. The van der Waals surface area contributed by atoms with Crippen molar-refractivity contribution in [1.82, 2.24) is 19.2 Å². The van der Waals surface area contributed by atoms with E-state index in [9.17, 15) is 4.79 Å². The van der Waals surface area contributed by atoms with Crippen LogP contribution in [0.2, 0.25) is 0 Å². The summed E-state index contributed by atoms with van der Waals surface area (Å²) in [5.74, 6) is 0.697. The van der Waals surface area contributed by atoms with Crippen molar-refractivity contribution in [3.8, 4) is 0 Å². The Balaban J connectivity index is 1.34. The highest BCUT2D eigenvalue weighted by atomic mass is 32.1. The number of nitrogens with one attached hydrogen (secondary N) is 1. The first-order valence-electron chi connectivity index (χ1n) is 8.86. The third-order valence-corrected chi connectivity index (χ3v) is 5.83. The van der Waals surface area contributed by atoms with Crippen LogP contribution in [-0.4, -0.2) is 57.4 Å². The summed E-state index contributed by atoms with van der Waals surface area (Å²) < 4.78 is 4.11. The maximum atomic E-state index is 12.5. The van der Waals surface area contributed by atoms with Crippen molar-refractivity contribution in [3.05, 3.63) is 41.2 Å². The van der Waals surface area contributed by atoms with E-state index in [1.54, 1.807) is 0 Å². The summed E-state index contributed by atoms with van der Waals surface area (Å²) in [7, 11) is 0. The summed E-state index contributed by atoms with van der Waals surface area (Å²) in [4.78, 5) is 21.1. The van der Waals surface area contributed by atoms with Gasteiger partial charge in [0.2, 0.25) is 5.13 Å². The molecule has 0 saturated carbocycles. The normalized spacial score (nSPS) is 18.8. The van der Waals surface area contributed by atoms with Crippen LogP contribution < -0.4 is 5.32 Å². The molecular weight excluding hydrogens is 334 g/mol. The van der Waals surface area contributed by atoms with Gasteiger partial charge >= 0.3 is 6.03 Å². The highest BCUT2D eigenvalue weighted by Crippen LogP contribution is 2.26. The van der Waals surface area contributed by atoms with Gasteiger partial charge in [-0.3, -0.25) is 10.2 Å². The molecule has 7 heteroatoms. The van der Waals surface area contributed by atoms with Crippen LogP contribution in [0.3, 0.4) is 0 Å². The predicted octanol–water partition coefficient (Wildman–Crippen LogP) is 2.55. The smallest absolute Gasteiger partial charge is 0.323 e. The Morgan fingerprint density at radius 3 is 2.60 bits per heavy atom. The zero-order valence-electron chi connectivity index (χ0n) is 14.4. The fraction of sp³-hybridized carbons (Fsp3) is 0.500. The van der Waals surface area contributed by atoms with E-state index < -0.39 is 0 Å². The van der Waals surface area contributed by atoms with Crippen molar-refractivity contribution in [1.29, 1.82) is 0 Å². The molecule has 0 unspecified atom stereocenters. The van der Waals surface area contributed by atoms with Gasteiger partial charge in [0, 0.05) is 43.8 Å². The van der Waals surface area contributed by atoms with E-state index in [4.69, 9.17) is 0 Å². The summed E-state index contributed by atoms with van der Waals surface area (Å²) >= 11 is 1.23. The lowest BCUT2D eigenvalue weighted by atomic mass is 10.1. The average Bonchev–Trinajstić information content (AvgIpc) is 3.13. The molecule has 132 valence electrons. The second-order valence-electron chi connectivity index (χ2n) is 6.78. The molecule has 0 atom stereocenters. The van der Waals surface area contributed by atoms with Crippen molar-refractivity contribution in [2.45, 2.75) is 32.2 Å². The lowest BCUT2D eigenvalue weighted by Gasteiger charge is -2.27. The molecule has 6 nitrogen and oxygen atoms in total. The Morgan fingerprint density at radius 1 is 1.16 bits per heavy atom. The Kier molecular flexibility index (Phi) is 4.67. The molecule has 25 heavy (non-hydrogen) atoms. The molecule has 1 aliphatic heterocycles. The minimum atomic E-state index is -0.0623. The van der Waals surface area contributed by atoms with Crippen LogP contribution in [0.4, 0.5) is 9.93 Å². The van der Waals surface area contributed by atoms with Crippen LogP contribution in [0.1, 0.15) is 23.4 Å². The Bertz CT molecular complexity index is 736. The zero-order chi connectivity index (χ0) is 17.2. The molecule has 2 aromatic rings. The molecule has 1 saturated heterocycles. The summed E-state index contributed by atoms with van der Waals surface area (Å²) in [6.07, 6.45) is 3.27. The molecule has 0 spiro atoms. The van der Waals surface area contributed by atoms with E-state index in [0.29, 0.717) is 17.0 Å². The molecule has 2 aliphatic rings. The maximum absolute atomic E-state index is 12.5. The highest BCUT2D eigenvalue weighted by Gasteiger charge is 2.29.